The lowest BCUT2D eigenvalue weighted by Gasteiger charge is -1.93. The summed E-state index contributed by atoms with van der Waals surface area (Å²) in [4.78, 5) is 0. The Morgan fingerprint density at radius 1 is 1.14 bits per heavy atom. The summed E-state index contributed by atoms with van der Waals surface area (Å²) in [6, 6.07) is 9.56. The Kier molecular flexibility index (Phi) is 3.87. The fourth-order valence-corrected chi connectivity index (χ4v) is 0.994. The molecule has 1 heteroatoms. The summed E-state index contributed by atoms with van der Waals surface area (Å²) in [6.45, 7) is 0. The number of hydrogen-bond acceptors (Lipinski definition) is 1. The van der Waals surface area contributed by atoms with E-state index in [2.05, 4.69) is 17.8 Å². The number of terminal acetylenes is 1. The Balaban J connectivity index is 2.81. The van der Waals surface area contributed by atoms with Gasteiger partial charge in [-0.1, -0.05) is 29.9 Å². The van der Waals surface area contributed by atoms with Gasteiger partial charge >= 0.3 is 0 Å². The van der Waals surface area contributed by atoms with Gasteiger partial charge in [-0.25, -0.2) is 0 Å². The first-order valence-electron chi connectivity index (χ1n) is 4.30. The highest BCUT2D eigenvalue weighted by Gasteiger charge is 1.92. The van der Waals surface area contributed by atoms with E-state index in [-0.39, 0.29) is 0 Å². The molecule has 0 N–H and O–H groups in total. The molecule has 1 aromatic rings. The molecule has 0 bridgehead atoms. The second-order valence-electron chi connectivity index (χ2n) is 2.65. The highest BCUT2D eigenvalue weighted by Crippen LogP contribution is 2.04. The van der Waals surface area contributed by atoms with Crippen molar-refractivity contribution in [3.63, 3.8) is 0 Å². The molecule has 0 heterocycles. The summed E-state index contributed by atoms with van der Waals surface area (Å²) < 4.78 is 0. The maximum Gasteiger partial charge on any atom is 0.0631 e. The highest BCUT2D eigenvalue weighted by molar-refractivity contribution is 5.49. The first kappa shape index (κ1) is 9.91. The number of nitrogens with zero attached hydrogens (tertiary/aromatic N) is 1. The minimum Gasteiger partial charge on any atom is -0.198 e. The molecular weight excluding hydrogens is 170 g/mol. The largest absolute Gasteiger partial charge is 0.198 e. The van der Waals surface area contributed by atoms with Crippen LogP contribution in [-0.2, 0) is 0 Å². The van der Waals surface area contributed by atoms with Gasteiger partial charge in [-0.05, 0) is 12.1 Å². The maximum atomic E-state index is 8.31. The third-order valence-corrected chi connectivity index (χ3v) is 1.67. The Bertz CT molecular complexity index is 447. The SMILES string of the molecule is C#Cc1ccccc1C#CCCC#N. The number of benzene rings is 1. The van der Waals surface area contributed by atoms with Crippen LogP contribution in [0.3, 0.4) is 0 Å². The van der Waals surface area contributed by atoms with E-state index in [4.69, 9.17) is 11.7 Å². The van der Waals surface area contributed by atoms with Gasteiger partial charge in [0.15, 0.2) is 0 Å². The highest BCUT2D eigenvalue weighted by atomic mass is 14.2. The second kappa shape index (κ2) is 5.47. The summed E-state index contributed by atoms with van der Waals surface area (Å²) in [5.74, 6) is 8.43. The molecule has 1 rings (SSSR count). The van der Waals surface area contributed by atoms with Gasteiger partial charge in [0.1, 0.15) is 0 Å². The molecule has 0 fully saturated rings. The maximum absolute atomic E-state index is 8.31. The van der Waals surface area contributed by atoms with Gasteiger partial charge in [-0.2, -0.15) is 5.26 Å². The van der Waals surface area contributed by atoms with Crippen LogP contribution in [0.5, 0.6) is 0 Å². The molecule has 0 spiro atoms. The van der Waals surface area contributed by atoms with Crippen molar-refractivity contribution in [3.8, 4) is 30.3 Å². The van der Waals surface area contributed by atoms with Crippen LogP contribution >= 0.6 is 0 Å². The lowest BCUT2D eigenvalue weighted by Crippen LogP contribution is -1.81. The Hall–Kier alpha value is -2.17. The molecule has 0 saturated heterocycles. The minimum atomic E-state index is 0.464. The molecule has 0 aliphatic carbocycles. The summed E-state index contributed by atoms with van der Waals surface area (Å²) in [6.07, 6.45) is 6.37. The van der Waals surface area contributed by atoms with E-state index in [9.17, 15) is 0 Å². The second-order valence-corrected chi connectivity index (χ2v) is 2.65. The van der Waals surface area contributed by atoms with E-state index in [0.717, 1.165) is 11.1 Å². The van der Waals surface area contributed by atoms with Crippen LogP contribution in [0.1, 0.15) is 24.0 Å². The van der Waals surface area contributed by atoms with Crippen molar-refractivity contribution in [1.82, 2.24) is 0 Å². The summed E-state index contributed by atoms with van der Waals surface area (Å²) >= 11 is 0. The van der Waals surface area contributed by atoms with Crippen molar-refractivity contribution in [2.75, 3.05) is 0 Å². The van der Waals surface area contributed by atoms with E-state index in [1.54, 1.807) is 0 Å². The molecular formula is C13H9N. The van der Waals surface area contributed by atoms with Crippen LogP contribution in [0.15, 0.2) is 24.3 Å². The van der Waals surface area contributed by atoms with E-state index < -0.39 is 0 Å². The van der Waals surface area contributed by atoms with Crippen LogP contribution in [0.2, 0.25) is 0 Å². The predicted octanol–water partition coefficient (Wildman–Crippen LogP) is 2.32. The summed E-state index contributed by atoms with van der Waals surface area (Å²) in [5.41, 5.74) is 1.66. The third kappa shape index (κ3) is 2.71. The number of unbranched alkanes of at least 4 members (excludes halogenated alkanes) is 1. The smallest absolute Gasteiger partial charge is 0.0631 e. The summed E-state index contributed by atoms with van der Waals surface area (Å²) in [7, 11) is 0. The molecule has 14 heavy (non-hydrogen) atoms. The fraction of sp³-hybridized carbons (Fsp3) is 0.154. The Labute approximate surface area is 84.4 Å². The fourth-order valence-electron chi connectivity index (χ4n) is 0.994. The zero-order valence-corrected chi connectivity index (χ0v) is 7.75. The van der Waals surface area contributed by atoms with E-state index in [1.165, 1.54) is 0 Å². The monoisotopic (exact) mass is 179 g/mol. The molecule has 0 unspecified atom stereocenters. The molecule has 0 amide bonds. The third-order valence-electron chi connectivity index (χ3n) is 1.67. The lowest BCUT2D eigenvalue weighted by molar-refractivity contribution is 1.09. The average Bonchev–Trinajstić information content (AvgIpc) is 2.25. The van der Waals surface area contributed by atoms with Gasteiger partial charge in [0.05, 0.1) is 6.07 Å². The van der Waals surface area contributed by atoms with Crippen molar-refractivity contribution in [2.24, 2.45) is 0 Å². The van der Waals surface area contributed by atoms with Gasteiger partial charge in [-0.15, -0.1) is 6.42 Å². The minimum absolute atomic E-state index is 0.464. The van der Waals surface area contributed by atoms with Crippen LogP contribution in [0, 0.1) is 35.5 Å². The van der Waals surface area contributed by atoms with E-state index >= 15 is 0 Å². The molecule has 0 radical (unpaired) electrons. The number of nitriles is 1. The van der Waals surface area contributed by atoms with Gasteiger partial charge in [0, 0.05) is 24.0 Å². The molecule has 0 aromatic heterocycles. The first-order valence-corrected chi connectivity index (χ1v) is 4.30. The van der Waals surface area contributed by atoms with Crippen LogP contribution in [-0.4, -0.2) is 0 Å². The average molecular weight is 179 g/mol. The van der Waals surface area contributed by atoms with E-state index in [1.807, 2.05) is 30.3 Å². The van der Waals surface area contributed by atoms with Gasteiger partial charge in [0.25, 0.3) is 0 Å². The van der Waals surface area contributed by atoms with Gasteiger partial charge < -0.3 is 0 Å². The van der Waals surface area contributed by atoms with Crippen molar-refractivity contribution in [3.05, 3.63) is 35.4 Å². The van der Waals surface area contributed by atoms with Crippen LogP contribution in [0.25, 0.3) is 0 Å². The molecule has 0 atom stereocenters. The first-order chi connectivity index (χ1) is 6.88. The van der Waals surface area contributed by atoms with Gasteiger partial charge in [-0.3, -0.25) is 0 Å². The number of hydrogen-bond donors (Lipinski definition) is 0. The normalized spacial score (nSPS) is 7.86. The van der Waals surface area contributed by atoms with Gasteiger partial charge in [0.2, 0.25) is 0 Å². The predicted molar refractivity (Wildman–Crippen MR) is 56.1 cm³/mol. The summed E-state index contributed by atoms with van der Waals surface area (Å²) in [5, 5.41) is 8.31. The van der Waals surface area contributed by atoms with Crippen molar-refractivity contribution >= 4 is 0 Å². The molecule has 1 aromatic carbocycles. The topological polar surface area (TPSA) is 23.8 Å². The Morgan fingerprint density at radius 2 is 1.86 bits per heavy atom. The van der Waals surface area contributed by atoms with Crippen LogP contribution in [0.4, 0.5) is 0 Å². The molecule has 0 aliphatic rings. The zero-order valence-electron chi connectivity index (χ0n) is 7.75. The lowest BCUT2D eigenvalue weighted by atomic mass is 10.1. The zero-order chi connectivity index (χ0) is 10.2. The molecule has 0 saturated carbocycles. The Morgan fingerprint density at radius 3 is 2.50 bits per heavy atom. The van der Waals surface area contributed by atoms with E-state index in [0.29, 0.717) is 12.8 Å². The number of rotatable bonds is 1. The van der Waals surface area contributed by atoms with Crippen molar-refractivity contribution in [2.45, 2.75) is 12.8 Å². The quantitative estimate of drug-likeness (QED) is 0.479. The molecule has 0 aliphatic heterocycles. The molecule has 1 nitrogen and oxygen atoms in total. The van der Waals surface area contributed by atoms with Crippen molar-refractivity contribution < 1.29 is 0 Å². The van der Waals surface area contributed by atoms with Crippen LogP contribution < -0.4 is 0 Å². The van der Waals surface area contributed by atoms with Crippen molar-refractivity contribution in [1.29, 1.82) is 5.26 Å². The standard InChI is InChI=1S/C13H9N/c1-2-12-8-5-6-10-13(12)9-4-3-7-11-14/h1,5-6,8,10H,3,7H2. The molecule has 66 valence electrons.